The Morgan fingerprint density at radius 3 is 2.81 bits per heavy atom. The van der Waals surface area contributed by atoms with E-state index in [1.807, 2.05) is 13.8 Å². The second-order valence-corrected chi connectivity index (χ2v) is 4.57. The molecule has 4 heteroatoms. The van der Waals surface area contributed by atoms with Gasteiger partial charge in [0.15, 0.2) is 0 Å². The number of hydrogen-bond acceptors (Lipinski definition) is 2. The van der Waals surface area contributed by atoms with E-state index in [2.05, 4.69) is 0 Å². The van der Waals surface area contributed by atoms with Gasteiger partial charge in [0, 0.05) is 0 Å². The minimum Gasteiger partial charge on any atom is -0.481 e. The lowest BCUT2D eigenvalue weighted by Gasteiger charge is -2.19. The fraction of sp³-hybridized carbons (Fsp3) is 0.750. The highest BCUT2D eigenvalue weighted by molar-refractivity contribution is 5.74. The maximum absolute atomic E-state index is 14.0. The summed E-state index contributed by atoms with van der Waals surface area (Å²) in [5.41, 5.74) is 6.20. The van der Waals surface area contributed by atoms with Crippen LogP contribution in [0.5, 0.6) is 0 Å². The summed E-state index contributed by atoms with van der Waals surface area (Å²) in [4.78, 5) is 10.9. The van der Waals surface area contributed by atoms with Crippen LogP contribution in [0, 0.1) is 11.8 Å². The molecule has 0 aromatic carbocycles. The molecule has 1 rings (SSSR count). The molecule has 0 bridgehead atoms. The quantitative estimate of drug-likeness (QED) is 0.778. The van der Waals surface area contributed by atoms with Crippen LogP contribution in [0.25, 0.3) is 0 Å². The monoisotopic (exact) mass is 229 g/mol. The molecule has 1 fully saturated rings. The highest BCUT2D eigenvalue weighted by atomic mass is 19.1. The van der Waals surface area contributed by atoms with Gasteiger partial charge in [0.1, 0.15) is 5.83 Å². The average Bonchev–Trinajstić information content (AvgIpc) is 2.74. The molecule has 16 heavy (non-hydrogen) atoms. The van der Waals surface area contributed by atoms with E-state index in [1.165, 1.54) is 0 Å². The first kappa shape index (κ1) is 13.2. The number of aliphatic carboxylic acids is 1. The van der Waals surface area contributed by atoms with Gasteiger partial charge in [0.05, 0.1) is 12.0 Å². The highest BCUT2D eigenvalue weighted by Crippen LogP contribution is 2.35. The Labute approximate surface area is 95.5 Å². The van der Waals surface area contributed by atoms with Crippen LogP contribution in [0.2, 0.25) is 0 Å². The molecule has 1 saturated carbocycles. The molecule has 0 aromatic heterocycles. The number of carboxylic acid groups (broad SMARTS) is 1. The third-order valence-electron chi connectivity index (χ3n) is 3.51. The molecule has 3 atom stereocenters. The van der Waals surface area contributed by atoms with E-state index in [0.717, 1.165) is 12.8 Å². The van der Waals surface area contributed by atoms with E-state index in [0.29, 0.717) is 18.4 Å². The van der Waals surface area contributed by atoms with E-state index in [-0.39, 0.29) is 11.7 Å². The number of carboxylic acids is 1. The van der Waals surface area contributed by atoms with Gasteiger partial charge in [-0.25, -0.2) is 4.39 Å². The molecule has 0 radical (unpaired) electrons. The van der Waals surface area contributed by atoms with Gasteiger partial charge < -0.3 is 10.8 Å². The van der Waals surface area contributed by atoms with Crippen molar-refractivity contribution in [2.24, 2.45) is 17.6 Å². The molecule has 1 aliphatic rings. The molecule has 3 nitrogen and oxygen atoms in total. The molecule has 3 unspecified atom stereocenters. The average molecular weight is 229 g/mol. The molecule has 1 aliphatic carbocycles. The normalized spacial score (nSPS) is 27.6. The van der Waals surface area contributed by atoms with Crippen LogP contribution < -0.4 is 5.73 Å². The molecule has 0 saturated heterocycles. The van der Waals surface area contributed by atoms with Crippen LogP contribution in [0.3, 0.4) is 0 Å². The van der Waals surface area contributed by atoms with Crippen LogP contribution in [0.1, 0.15) is 39.5 Å². The fourth-order valence-corrected chi connectivity index (χ4v) is 2.12. The van der Waals surface area contributed by atoms with Crippen molar-refractivity contribution in [3.63, 3.8) is 0 Å². The maximum Gasteiger partial charge on any atom is 0.310 e. The number of carbonyl (C=O) groups is 1. The topological polar surface area (TPSA) is 63.3 Å². The molecule has 92 valence electrons. The molecule has 0 aliphatic heterocycles. The van der Waals surface area contributed by atoms with E-state index in [4.69, 9.17) is 10.8 Å². The van der Waals surface area contributed by atoms with Crippen molar-refractivity contribution in [1.82, 2.24) is 0 Å². The van der Waals surface area contributed by atoms with E-state index in [9.17, 15) is 9.18 Å². The van der Waals surface area contributed by atoms with Crippen molar-refractivity contribution < 1.29 is 14.3 Å². The number of halogens is 1. The van der Waals surface area contributed by atoms with Gasteiger partial charge in [0.2, 0.25) is 0 Å². The number of hydrogen-bond donors (Lipinski definition) is 2. The van der Waals surface area contributed by atoms with Gasteiger partial charge in [-0.15, -0.1) is 0 Å². The standard InChI is InChI=1S/C12H20FNO2/c1-3-7(2)11(14)10(13)8-5-4-6-9(8)12(15)16/h7,9,11H,3-6,14H2,1-2H3,(H,15,16)/b10-8-. The molecule has 0 aromatic rings. The molecule has 0 heterocycles. The second-order valence-electron chi connectivity index (χ2n) is 4.57. The van der Waals surface area contributed by atoms with Gasteiger partial charge in [-0.1, -0.05) is 20.3 Å². The van der Waals surface area contributed by atoms with Crippen molar-refractivity contribution in [3.8, 4) is 0 Å². The molecular formula is C12H20FNO2. The second kappa shape index (κ2) is 5.43. The van der Waals surface area contributed by atoms with Crippen LogP contribution in [0.15, 0.2) is 11.4 Å². The lowest BCUT2D eigenvalue weighted by atomic mass is 9.93. The fourth-order valence-electron chi connectivity index (χ4n) is 2.12. The van der Waals surface area contributed by atoms with Crippen LogP contribution in [-0.2, 0) is 4.79 Å². The Balaban J connectivity index is 2.90. The summed E-state index contributed by atoms with van der Waals surface area (Å²) in [7, 11) is 0. The minimum atomic E-state index is -0.931. The maximum atomic E-state index is 14.0. The summed E-state index contributed by atoms with van der Waals surface area (Å²) in [6.07, 6.45) is 2.60. The first-order valence-electron chi connectivity index (χ1n) is 5.85. The van der Waals surface area contributed by atoms with Crippen molar-refractivity contribution in [2.75, 3.05) is 0 Å². The third kappa shape index (κ3) is 2.61. The zero-order chi connectivity index (χ0) is 12.3. The zero-order valence-corrected chi connectivity index (χ0v) is 9.87. The Morgan fingerprint density at radius 1 is 1.69 bits per heavy atom. The zero-order valence-electron chi connectivity index (χ0n) is 9.87. The molecule has 0 spiro atoms. The van der Waals surface area contributed by atoms with E-state index in [1.54, 1.807) is 0 Å². The largest absolute Gasteiger partial charge is 0.481 e. The van der Waals surface area contributed by atoms with Gasteiger partial charge in [-0.3, -0.25) is 4.79 Å². The van der Waals surface area contributed by atoms with Crippen molar-refractivity contribution >= 4 is 5.97 Å². The first-order chi connectivity index (χ1) is 7.49. The summed E-state index contributed by atoms with van der Waals surface area (Å²) in [5, 5.41) is 8.97. The summed E-state index contributed by atoms with van der Waals surface area (Å²) in [6, 6.07) is -0.653. The summed E-state index contributed by atoms with van der Waals surface area (Å²) in [6.45, 7) is 3.83. The Hall–Kier alpha value is -0.900. The summed E-state index contributed by atoms with van der Waals surface area (Å²) in [5.74, 6) is -1.93. The predicted octanol–water partition coefficient (Wildman–Crippen LogP) is 2.47. The van der Waals surface area contributed by atoms with E-state index >= 15 is 0 Å². The highest BCUT2D eigenvalue weighted by Gasteiger charge is 2.32. The first-order valence-corrected chi connectivity index (χ1v) is 5.85. The van der Waals surface area contributed by atoms with Gasteiger partial charge in [-0.2, -0.15) is 0 Å². The third-order valence-corrected chi connectivity index (χ3v) is 3.51. The van der Waals surface area contributed by atoms with Gasteiger partial charge >= 0.3 is 5.97 Å². The number of rotatable bonds is 4. The molecule has 3 N–H and O–H groups in total. The van der Waals surface area contributed by atoms with Crippen LogP contribution in [0.4, 0.5) is 4.39 Å². The molecular weight excluding hydrogens is 209 g/mol. The smallest absolute Gasteiger partial charge is 0.310 e. The van der Waals surface area contributed by atoms with Gasteiger partial charge in [-0.05, 0) is 30.8 Å². The number of nitrogens with two attached hydrogens (primary N) is 1. The molecule has 0 amide bonds. The van der Waals surface area contributed by atoms with Crippen molar-refractivity contribution in [3.05, 3.63) is 11.4 Å². The summed E-state index contributed by atoms with van der Waals surface area (Å²) < 4.78 is 14.0. The predicted molar refractivity (Wildman–Crippen MR) is 60.5 cm³/mol. The Morgan fingerprint density at radius 2 is 2.31 bits per heavy atom. The van der Waals surface area contributed by atoms with Crippen molar-refractivity contribution in [2.45, 2.75) is 45.6 Å². The SMILES string of the molecule is CCC(C)C(N)/C(F)=C1\CCCC1C(=O)O. The Bertz CT molecular complexity index is 301. The lowest BCUT2D eigenvalue weighted by molar-refractivity contribution is -0.140. The van der Waals surface area contributed by atoms with Crippen molar-refractivity contribution in [1.29, 1.82) is 0 Å². The van der Waals surface area contributed by atoms with Crippen LogP contribution >= 0.6 is 0 Å². The lowest BCUT2D eigenvalue weighted by Crippen LogP contribution is -2.30. The Kier molecular flexibility index (Phi) is 4.47. The van der Waals surface area contributed by atoms with E-state index < -0.39 is 17.9 Å². The minimum absolute atomic E-state index is 0.0440. The van der Waals surface area contributed by atoms with Gasteiger partial charge in [0.25, 0.3) is 0 Å². The van der Waals surface area contributed by atoms with Crippen LogP contribution in [-0.4, -0.2) is 17.1 Å². The summed E-state index contributed by atoms with van der Waals surface area (Å²) >= 11 is 0.